The van der Waals surface area contributed by atoms with Gasteiger partial charge in [0, 0.05) is 18.5 Å². The van der Waals surface area contributed by atoms with Crippen LogP contribution in [-0.4, -0.2) is 49.0 Å². The number of likely N-dealkylation sites (tertiary alicyclic amines) is 1. The molecule has 1 heterocycles. The van der Waals surface area contributed by atoms with Crippen molar-refractivity contribution in [1.82, 2.24) is 4.90 Å². The molecule has 30 heavy (non-hydrogen) atoms. The first kappa shape index (κ1) is 23.6. The summed E-state index contributed by atoms with van der Waals surface area (Å²) in [5.74, 6) is -2.64. The largest absolute Gasteiger partial charge is 0.466 e. The predicted octanol–water partition coefficient (Wildman–Crippen LogP) is 3.76. The SMILES string of the molecule is CCOC(=O)CC(=O)C1CCN(C(=O)OC)C(Cc2cc(F)cc(C(F)(F)F)c2)C1. The second-order valence-corrected chi connectivity index (χ2v) is 7.04. The maximum atomic E-state index is 13.7. The van der Waals surface area contributed by atoms with Gasteiger partial charge in [0.1, 0.15) is 18.0 Å². The Morgan fingerprint density at radius 2 is 1.90 bits per heavy atom. The van der Waals surface area contributed by atoms with E-state index in [2.05, 4.69) is 0 Å². The Hall–Kier alpha value is -2.65. The number of nitrogens with zero attached hydrogens (tertiary/aromatic N) is 1. The van der Waals surface area contributed by atoms with Crippen molar-refractivity contribution in [1.29, 1.82) is 0 Å². The van der Waals surface area contributed by atoms with E-state index in [9.17, 15) is 31.9 Å². The molecule has 1 aliphatic heterocycles. The Morgan fingerprint density at radius 1 is 1.20 bits per heavy atom. The number of esters is 1. The molecule has 1 fully saturated rings. The zero-order valence-electron chi connectivity index (χ0n) is 16.6. The van der Waals surface area contributed by atoms with Gasteiger partial charge in [-0.25, -0.2) is 9.18 Å². The first-order valence-electron chi connectivity index (χ1n) is 9.44. The molecule has 2 atom stereocenters. The summed E-state index contributed by atoms with van der Waals surface area (Å²) in [4.78, 5) is 37.4. The third-order valence-electron chi connectivity index (χ3n) is 4.96. The molecule has 2 unspecified atom stereocenters. The zero-order chi connectivity index (χ0) is 22.5. The number of ether oxygens (including phenoxy) is 2. The number of amides is 1. The predicted molar refractivity (Wildman–Crippen MR) is 97.0 cm³/mol. The number of carbonyl (C=O) groups is 3. The van der Waals surface area contributed by atoms with Crippen LogP contribution in [0.4, 0.5) is 22.4 Å². The van der Waals surface area contributed by atoms with Gasteiger partial charge < -0.3 is 14.4 Å². The number of carbonyl (C=O) groups excluding carboxylic acids is 3. The summed E-state index contributed by atoms with van der Waals surface area (Å²) in [6.45, 7) is 1.87. The molecule has 0 aliphatic carbocycles. The molecular formula is C20H23F4NO5. The van der Waals surface area contributed by atoms with Crippen molar-refractivity contribution >= 4 is 17.8 Å². The van der Waals surface area contributed by atoms with Gasteiger partial charge in [-0.1, -0.05) is 0 Å². The van der Waals surface area contributed by atoms with Crippen LogP contribution in [0.5, 0.6) is 0 Å². The number of hydrogen-bond donors (Lipinski definition) is 0. The minimum absolute atomic E-state index is 0.0414. The average Bonchev–Trinajstić information content (AvgIpc) is 2.66. The van der Waals surface area contributed by atoms with E-state index in [4.69, 9.17) is 9.47 Å². The smallest absolute Gasteiger partial charge is 0.416 e. The Bertz CT molecular complexity index is 796. The molecule has 0 aromatic heterocycles. The van der Waals surface area contributed by atoms with Gasteiger partial charge >= 0.3 is 18.2 Å². The first-order chi connectivity index (χ1) is 14.0. The number of hydrogen-bond acceptors (Lipinski definition) is 5. The second-order valence-electron chi connectivity index (χ2n) is 7.04. The number of Topliss-reactive ketones (excluding diaryl/α,β-unsaturated/α-hetero) is 1. The van der Waals surface area contributed by atoms with E-state index in [1.54, 1.807) is 6.92 Å². The van der Waals surface area contributed by atoms with Gasteiger partial charge in [-0.05, 0) is 49.9 Å². The number of ketones is 1. The molecule has 1 amide bonds. The Kier molecular flexibility index (Phi) is 7.80. The molecule has 10 heteroatoms. The van der Waals surface area contributed by atoms with Crippen LogP contribution in [0.3, 0.4) is 0 Å². The maximum absolute atomic E-state index is 13.7. The van der Waals surface area contributed by atoms with E-state index in [0.717, 1.165) is 12.1 Å². The Morgan fingerprint density at radius 3 is 2.50 bits per heavy atom. The lowest BCUT2D eigenvalue weighted by Crippen LogP contribution is -2.48. The standard InChI is InChI=1S/C20H23F4NO5/c1-3-30-18(27)11-17(26)13-4-5-25(19(28)29-2)16(9-13)8-12-6-14(20(22,23)24)10-15(21)7-12/h6-7,10,13,16H,3-5,8-9,11H2,1-2H3. The fourth-order valence-electron chi connectivity index (χ4n) is 3.60. The normalized spacial score (nSPS) is 19.3. The number of piperidine rings is 1. The van der Waals surface area contributed by atoms with Crippen molar-refractivity contribution < 1.29 is 41.4 Å². The van der Waals surface area contributed by atoms with Crippen LogP contribution in [0, 0.1) is 11.7 Å². The number of alkyl halides is 3. The molecule has 1 aromatic carbocycles. The molecule has 0 N–H and O–H groups in total. The first-order valence-corrected chi connectivity index (χ1v) is 9.44. The van der Waals surface area contributed by atoms with Gasteiger partial charge in [0.15, 0.2) is 0 Å². The molecule has 1 aromatic rings. The third-order valence-corrected chi connectivity index (χ3v) is 4.96. The van der Waals surface area contributed by atoms with Gasteiger partial charge in [0.2, 0.25) is 0 Å². The van der Waals surface area contributed by atoms with Crippen molar-refractivity contribution in [3.8, 4) is 0 Å². The highest BCUT2D eigenvalue weighted by atomic mass is 19.4. The maximum Gasteiger partial charge on any atom is 0.416 e. The van der Waals surface area contributed by atoms with Gasteiger partial charge in [-0.2, -0.15) is 13.2 Å². The summed E-state index contributed by atoms with van der Waals surface area (Å²) < 4.78 is 62.2. The molecule has 6 nitrogen and oxygen atoms in total. The van der Waals surface area contributed by atoms with E-state index in [1.165, 1.54) is 12.0 Å². The summed E-state index contributed by atoms with van der Waals surface area (Å²) in [7, 11) is 1.17. The number of rotatable bonds is 6. The van der Waals surface area contributed by atoms with E-state index >= 15 is 0 Å². The summed E-state index contributed by atoms with van der Waals surface area (Å²) >= 11 is 0. The lowest BCUT2D eigenvalue weighted by atomic mass is 9.84. The fraction of sp³-hybridized carbons (Fsp3) is 0.550. The van der Waals surface area contributed by atoms with Crippen LogP contribution in [0.2, 0.25) is 0 Å². The van der Waals surface area contributed by atoms with Gasteiger partial charge in [-0.15, -0.1) is 0 Å². The highest BCUT2D eigenvalue weighted by Gasteiger charge is 2.37. The molecule has 166 valence electrons. The lowest BCUT2D eigenvalue weighted by Gasteiger charge is -2.38. The minimum atomic E-state index is -4.72. The minimum Gasteiger partial charge on any atom is -0.466 e. The van der Waals surface area contributed by atoms with E-state index in [0.29, 0.717) is 6.07 Å². The molecule has 0 radical (unpaired) electrons. The zero-order valence-corrected chi connectivity index (χ0v) is 16.6. The third kappa shape index (κ3) is 6.17. The molecular weight excluding hydrogens is 410 g/mol. The van der Waals surface area contributed by atoms with Gasteiger partial charge in [0.05, 0.1) is 19.3 Å². The number of methoxy groups -OCH3 is 1. The van der Waals surface area contributed by atoms with Crippen LogP contribution >= 0.6 is 0 Å². The van der Waals surface area contributed by atoms with Crippen LogP contribution < -0.4 is 0 Å². The van der Waals surface area contributed by atoms with Crippen molar-refractivity contribution in [3.63, 3.8) is 0 Å². The highest BCUT2D eigenvalue weighted by Crippen LogP contribution is 2.32. The van der Waals surface area contributed by atoms with E-state index in [-0.39, 0.29) is 43.8 Å². The van der Waals surface area contributed by atoms with Crippen LogP contribution in [0.15, 0.2) is 18.2 Å². The van der Waals surface area contributed by atoms with E-state index < -0.39 is 48.0 Å². The average molecular weight is 433 g/mol. The Labute approximate surface area is 171 Å². The second kappa shape index (κ2) is 9.90. The van der Waals surface area contributed by atoms with Gasteiger partial charge in [-0.3, -0.25) is 9.59 Å². The number of halogens is 4. The van der Waals surface area contributed by atoms with Gasteiger partial charge in [0.25, 0.3) is 0 Å². The van der Waals surface area contributed by atoms with E-state index in [1.807, 2.05) is 0 Å². The Balaban J connectivity index is 2.22. The molecule has 0 bridgehead atoms. The van der Waals surface area contributed by atoms with Crippen molar-refractivity contribution in [2.24, 2.45) is 5.92 Å². The number of benzene rings is 1. The highest BCUT2D eigenvalue weighted by molar-refractivity contribution is 5.96. The lowest BCUT2D eigenvalue weighted by molar-refractivity contribution is -0.146. The molecule has 0 spiro atoms. The van der Waals surface area contributed by atoms with Crippen molar-refractivity contribution in [2.45, 2.75) is 44.8 Å². The van der Waals surface area contributed by atoms with Crippen LogP contribution in [-0.2, 0) is 31.7 Å². The summed E-state index contributed by atoms with van der Waals surface area (Å²) in [5.41, 5.74) is -1.09. The molecule has 1 saturated heterocycles. The summed E-state index contributed by atoms with van der Waals surface area (Å²) in [6.07, 6.45) is -5.53. The molecule has 1 aliphatic rings. The quantitative estimate of drug-likeness (QED) is 0.388. The topological polar surface area (TPSA) is 72.9 Å². The molecule has 0 saturated carbocycles. The van der Waals surface area contributed by atoms with Crippen LogP contribution in [0.1, 0.15) is 37.3 Å². The molecule has 2 rings (SSSR count). The van der Waals surface area contributed by atoms with Crippen molar-refractivity contribution in [3.05, 3.63) is 35.1 Å². The monoisotopic (exact) mass is 433 g/mol. The fourth-order valence-corrected chi connectivity index (χ4v) is 3.60. The summed E-state index contributed by atoms with van der Waals surface area (Å²) in [5, 5.41) is 0. The van der Waals surface area contributed by atoms with Crippen LogP contribution in [0.25, 0.3) is 0 Å². The van der Waals surface area contributed by atoms with Crippen molar-refractivity contribution in [2.75, 3.05) is 20.3 Å². The summed E-state index contributed by atoms with van der Waals surface area (Å²) in [6, 6.07) is 1.50.